The van der Waals surface area contributed by atoms with E-state index in [0.717, 1.165) is 4.57 Å². The lowest BCUT2D eigenvalue weighted by molar-refractivity contribution is -0.145. The third kappa shape index (κ3) is 4.06. The van der Waals surface area contributed by atoms with Gasteiger partial charge in [0.15, 0.2) is 0 Å². The zero-order valence-corrected chi connectivity index (χ0v) is 11.6. The van der Waals surface area contributed by atoms with Gasteiger partial charge in [0.1, 0.15) is 19.0 Å². The number of nitrogens with two attached hydrogens (primary N) is 1. The molecular weight excluding hydrogens is 299 g/mol. The Labute approximate surface area is 124 Å². The number of ether oxygens (including phenoxy) is 1. The molecule has 0 radical (unpaired) electrons. The third-order valence-corrected chi connectivity index (χ3v) is 3.00. The second-order valence-electron chi connectivity index (χ2n) is 4.34. The van der Waals surface area contributed by atoms with Crippen LogP contribution in [0, 0.1) is 5.82 Å². The smallest absolute Gasteiger partial charge is 0.326 e. The van der Waals surface area contributed by atoms with Crippen LogP contribution in [-0.2, 0) is 22.7 Å². The molecule has 2 rings (SSSR count). The van der Waals surface area contributed by atoms with Crippen LogP contribution in [0.15, 0.2) is 41.3 Å². The van der Waals surface area contributed by atoms with Crippen LogP contribution in [0.1, 0.15) is 5.56 Å². The molecule has 0 atom stereocenters. The maximum Gasteiger partial charge on any atom is 0.326 e. The Morgan fingerprint density at radius 3 is 2.81 bits per heavy atom. The Bertz CT molecular complexity index is 730. The number of esters is 1. The van der Waals surface area contributed by atoms with Gasteiger partial charge in [-0.15, -0.1) is 0 Å². The summed E-state index contributed by atoms with van der Waals surface area (Å²) < 4.78 is 19.3. The van der Waals surface area contributed by atoms with E-state index in [-0.39, 0.29) is 23.7 Å². The first-order valence-corrected chi connectivity index (χ1v) is 6.39. The van der Waals surface area contributed by atoms with E-state index in [2.05, 4.69) is 0 Å². The van der Waals surface area contributed by atoms with E-state index in [9.17, 15) is 14.0 Å². The Balaban J connectivity index is 1.97. The number of carbonyl (C=O) groups is 1. The molecular formula is C14H12ClFN2O3. The van der Waals surface area contributed by atoms with Gasteiger partial charge in [-0.2, -0.15) is 0 Å². The molecule has 1 aromatic carbocycles. The van der Waals surface area contributed by atoms with Crippen LogP contribution in [0.5, 0.6) is 0 Å². The van der Waals surface area contributed by atoms with Gasteiger partial charge in [-0.3, -0.25) is 9.59 Å². The monoisotopic (exact) mass is 310 g/mol. The molecule has 2 N–H and O–H groups in total. The maximum atomic E-state index is 13.2. The summed E-state index contributed by atoms with van der Waals surface area (Å²) in [6.07, 6.45) is 1.35. The van der Waals surface area contributed by atoms with Gasteiger partial charge in [0, 0.05) is 18.0 Å². The summed E-state index contributed by atoms with van der Waals surface area (Å²) in [7, 11) is 0. The van der Waals surface area contributed by atoms with Crippen molar-refractivity contribution in [3.05, 3.63) is 63.3 Å². The van der Waals surface area contributed by atoms with Crippen LogP contribution in [0.25, 0.3) is 0 Å². The molecule has 7 heteroatoms. The molecule has 1 heterocycles. The lowest BCUT2D eigenvalue weighted by atomic mass is 10.2. The highest BCUT2D eigenvalue weighted by molar-refractivity contribution is 6.30. The number of halogens is 2. The second-order valence-corrected chi connectivity index (χ2v) is 4.74. The summed E-state index contributed by atoms with van der Waals surface area (Å²) in [4.78, 5) is 23.2. The zero-order valence-electron chi connectivity index (χ0n) is 10.9. The number of hydrogen-bond acceptors (Lipinski definition) is 4. The van der Waals surface area contributed by atoms with E-state index in [1.807, 2.05) is 0 Å². The van der Waals surface area contributed by atoms with Gasteiger partial charge in [0.25, 0.3) is 5.56 Å². The molecule has 0 fully saturated rings. The predicted octanol–water partition coefficient (Wildman–Crippen LogP) is 1.97. The first kappa shape index (κ1) is 15.1. The van der Waals surface area contributed by atoms with Crippen molar-refractivity contribution in [1.82, 2.24) is 4.57 Å². The number of nitrogen functional groups attached to an aromatic ring is 1. The van der Waals surface area contributed by atoms with Gasteiger partial charge < -0.3 is 15.0 Å². The van der Waals surface area contributed by atoms with Gasteiger partial charge in [-0.1, -0.05) is 17.7 Å². The summed E-state index contributed by atoms with van der Waals surface area (Å²) in [6.45, 7) is -0.371. The average molecular weight is 311 g/mol. The standard InChI is InChI=1S/C14H12ClFN2O3/c15-11-3-1-9(5-12(11)16)8-21-14(20)7-18-6-10(17)2-4-13(18)19/h1-6H,7-8,17H2. The molecule has 0 saturated heterocycles. The second kappa shape index (κ2) is 6.41. The minimum Gasteiger partial charge on any atom is -0.459 e. The number of pyridine rings is 1. The van der Waals surface area contributed by atoms with Gasteiger partial charge in [0.05, 0.1) is 5.02 Å². The Morgan fingerprint density at radius 1 is 1.33 bits per heavy atom. The van der Waals surface area contributed by atoms with E-state index in [4.69, 9.17) is 22.1 Å². The molecule has 0 spiro atoms. The molecule has 5 nitrogen and oxygen atoms in total. The normalized spacial score (nSPS) is 10.4. The molecule has 0 unspecified atom stereocenters. The summed E-state index contributed by atoms with van der Waals surface area (Å²) >= 11 is 5.55. The predicted molar refractivity (Wildman–Crippen MR) is 76.3 cm³/mol. The molecule has 0 aliphatic carbocycles. The fourth-order valence-electron chi connectivity index (χ4n) is 1.65. The minimum absolute atomic E-state index is 0.00334. The first-order valence-electron chi connectivity index (χ1n) is 6.01. The SMILES string of the molecule is Nc1ccc(=O)n(CC(=O)OCc2ccc(Cl)c(F)c2)c1. The fraction of sp³-hybridized carbons (Fsp3) is 0.143. The number of carbonyl (C=O) groups excluding carboxylic acids is 1. The highest BCUT2D eigenvalue weighted by atomic mass is 35.5. The lowest BCUT2D eigenvalue weighted by Crippen LogP contribution is -2.24. The Kier molecular flexibility index (Phi) is 4.59. The quantitative estimate of drug-likeness (QED) is 0.876. The molecule has 0 bridgehead atoms. The van der Waals surface area contributed by atoms with Crippen LogP contribution in [-0.4, -0.2) is 10.5 Å². The molecule has 0 aliphatic rings. The topological polar surface area (TPSA) is 74.3 Å². The van der Waals surface area contributed by atoms with Gasteiger partial charge >= 0.3 is 5.97 Å². The van der Waals surface area contributed by atoms with Crippen molar-refractivity contribution in [1.29, 1.82) is 0 Å². The van der Waals surface area contributed by atoms with Crippen molar-refractivity contribution in [2.75, 3.05) is 5.73 Å². The third-order valence-electron chi connectivity index (χ3n) is 2.69. The van der Waals surface area contributed by atoms with Crippen molar-refractivity contribution in [2.45, 2.75) is 13.2 Å². The van der Waals surface area contributed by atoms with Crippen LogP contribution in [0.4, 0.5) is 10.1 Å². The number of hydrogen-bond donors (Lipinski definition) is 1. The maximum absolute atomic E-state index is 13.2. The number of anilines is 1. The summed E-state index contributed by atoms with van der Waals surface area (Å²) in [6, 6.07) is 6.81. The van der Waals surface area contributed by atoms with Crippen LogP contribution in [0.3, 0.4) is 0 Å². The van der Waals surface area contributed by atoms with Crippen LogP contribution >= 0.6 is 11.6 Å². The van der Waals surface area contributed by atoms with Gasteiger partial charge in [0.2, 0.25) is 0 Å². The molecule has 0 aliphatic heterocycles. The average Bonchev–Trinajstić information content (AvgIpc) is 2.44. The molecule has 2 aromatic rings. The van der Waals surface area contributed by atoms with E-state index < -0.39 is 11.8 Å². The van der Waals surface area contributed by atoms with E-state index >= 15 is 0 Å². The Morgan fingerprint density at radius 2 is 2.10 bits per heavy atom. The molecule has 0 saturated carbocycles. The van der Waals surface area contributed by atoms with E-state index in [1.165, 1.54) is 30.5 Å². The van der Waals surface area contributed by atoms with E-state index in [1.54, 1.807) is 6.07 Å². The molecule has 0 amide bonds. The van der Waals surface area contributed by atoms with E-state index in [0.29, 0.717) is 11.3 Å². The number of nitrogens with zero attached hydrogens (tertiary/aromatic N) is 1. The highest BCUT2D eigenvalue weighted by Crippen LogP contribution is 2.16. The van der Waals surface area contributed by atoms with Crippen LogP contribution in [0.2, 0.25) is 5.02 Å². The highest BCUT2D eigenvalue weighted by Gasteiger charge is 2.08. The largest absolute Gasteiger partial charge is 0.459 e. The van der Waals surface area contributed by atoms with Crippen LogP contribution < -0.4 is 11.3 Å². The van der Waals surface area contributed by atoms with Crippen molar-refractivity contribution in [3.8, 4) is 0 Å². The van der Waals surface area contributed by atoms with Gasteiger partial charge in [-0.25, -0.2) is 4.39 Å². The molecule has 110 valence electrons. The molecule has 21 heavy (non-hydrogen) atoms. The van der Waals surface area contributed by atoms with Crippen molar-refractivity contribution >= 4 is 23.3 Å². The fourth-order valence-corrected chi connectivity index (χ4v) is 1.77. The minimum atomic E-state index is -0.627. The Hall–Kier alpha value is -2.34. The van der Waals surface area contributed by atoms with Crippen molar-refractivity contribution in [2.24, 2.45) is 0 Å². The zero-order chi connectivity index (χ0) is 15.4. The summed E-state index contributed by atoms with van der Waals surface area (Å²) in [5, 5.41) is -0.00334. The summed E-state index contributed by atoms with van der Waals surface area (Å²) in [5.41, 5.74) is 6.00. The summed E-state index contributed by atoms with van der Waals surface area (Å²) in [5.74, 6) is -1.21. The first-order chi connectivity index (χ1) is 9.95. The van der Waals surface area contributed by atoms with Crippen molar-refractivity contribution < 1.29 is 13.9 Å². The van der Waals surface area contributed by atoms with Gasteiger partial charge in [-0.05, 0) is 23.8 Å². The number of aromatic nitrogens is 1. The van der Waals surface area contributed by atoms with Crippen molar-refractivity contribution in [3.63, 3.8) is 0 Å². The molecule has 1 aromatic heterocycles. The number of benzene rings is 1. The lowest BCUT2D eigenvalue weighted by Gasteiger charge is -2.08. The number of rotatable bonds is 4.